The van der Waals surface area contributed by atoms with Crippen LogP contribution in [0.1, 0.15) is 15.9 Å². The van der Waals surface area contributed by atoms with E-state index in [0.717, 1.165) is 16.8 Å². The van der Waals surface area contributed by atoms with Gasteiger partial charge in [-0.05, 0) is 17.7 Å². The molecule has 0 radical (unpaired) electrons. The zero-order valence-electron chi connectivity index (χ0n) is 11.8. The number of nitrogens with one attached hydrogen (secondary N) is 2. The van der Waals surface area contributed by atoms with Gasteiger partial charge in [-0.3, -0.25) is 9.63 Å². The van der Waals surface area contributed by atoms with Gasteiger partial charge in [-0.1, -0.05) is 42.5 Å². The molecule has 3 aromatic rings. The summed E-state index contributed by atoms with van der Waals surface area (Å²) in [6.07, 6.45) is 3.31. The highest BCUT2D eigenvalue weighted by molar-refractivity contribution is 5.94. The summed E-state index contributed by atoms with van der Waals surface area (Å²) >= 11 is 0. The van der Waals surface area contributed by atoms with Crippen molar-refractivity contribution in [2.24, 2.45) is 0 Å². The molecule has 5 nitrogen and oxygen atoms in total. The van der Waals surface area contributed by atoms with E-state index < -0.39 is 0 Å². The molecule has 0 aliphatic heterocycles. The van der Waals surface area contributed by atoms with Crippen LogP contribution >= 0.6 is 0 Å². The van der Waals surface area contributed by atoms with E-state index in [1.807, 2.05) is 42.5 Å². The molecule has 0 spiro atoms. The van der Waals surface area contributed by atoms with Gasteiger partial charge in [-0.25, -0.2) is 10.5 Å². The third-order valence-corrected chi connectivity index (χ3v) is 3.18. The molecule has 2 aromatic carbocycles. The van der Waals surface area contributed by atoms with Gasteiger partial charge in [-0.2, -0.15) is 0 Å². The number of carbonyl (C=O) groups is 1. The highest BCUT2D eigenvalue weighted by Crippen LogP contribution is 2.17. The number of hydrogen-bond donors (Lipinski definition) is 2. The van der Waals surface area contributed by atoms with Crippen molar-refractivity contribution in [3.63, 3.8) is 0 Å². The smallest absolute Gasteiger partial charge is 0.274 e. The Labute approximate surface area is 127 Å². The second-order valence-corrected chi connectivity index (χ2v) is 4.75. The maximum atomic E-state index is 12.1. The molecule has 0 aliphatic rings. The predicted octanol–water partition coefficient (Wildman–Crippen LogP) is 2.94. The zero-order valence-corrected chi connectivity index (χ0v) is 11.8. The van der Waals surface area contributed by atoms with Crippen molar-refractivity contribution < 1.29 is 9.63 Å². The monoisotopic (exact) mass is 293 g/mol. The first-order valence-corrected chi connectivity index (χ1v) is 6.88. The van der Waals surface area contributed by atoms with Crippen molar-refractivity contribution >= 4 is 5.91 Å². The summed E-state index contributed by atoms with van der Waals surface area (Å²) in [7, 11) is 0. The SMILES string of the molecule is O=C(NOCc1ccccc1)c1cccc(-c2cnc[nH]2)c1. The Morgan fingerprint density at radius 2 is 2.00 bits per heavy atom. The second kappa shape index (κ2) is 6.69. The quantitative estimate of drug-likeness (QED) is 0.711. The Kier molecular flexibility index (Phi) is 4.27. The zero-order chi connectivity index (χ0) is 15.2. The standard InChI is InChI=1S/C17H15N3O2/c21-17(20-22-11-13-5-2-1-3-6-13)15-8-4-7-14(9-15)16-10-18-12-19-16/h1-10,12H,11H2,(H,18,19)(H,20,21). The average molecular weight is 293 g/mol. The second-order valence-electron chi connectivity index (χ2n) is 4.75. The Balaban J connectivity index is 1.62. The molecule has 1 aromatic heterocycles. The van der Waals surface area contributed by atoms with Crippen LogP contribution in [0.15, 0.2) is 67.1 Å². The van der Waals surface area contributed by atoms with Crippen LogP contribution in [0.2, 0.25) is 0 Å². The molecule has 1 amide bonds. The third-order valence-electron chi connectivity index (χ3n) is 3.18. The Bertz CT molecular complexity index is 740. The van der Waals surface area contributed by atoms with E-state index in [4.69, 9.17) is 4.84 Å². The predicted molar refractivity (Wildman–Crippen MR) is 82.7 cm³/mol. The van der Waals surface area contributed by atoms with E-state index in [2.05, 4.69) is 15.4 Å². The maximum absolute atomic E-state index is 12.1. The lowest BCUT2D eigenvalue weighted by Gasteiger charge is -2.07. The number of H-pyrrole nitrogens is 1. The lowest BCUT2D eigenvalue weighted by molar-refractivity contribution is 0.0233. The molecule has 22 heavy (non-hydrogen) atoms. The summed E-state index contributed by atoms with van der Waals surface area (Å²) in [6, 6.07) is 16.9. The van der Waals surface area contributed by atoms with Gasteiger partial charge in [0, 0.05) is 11.1 Å². The number of rotatable bonds is 5. The highest BCUT2D eigenvalue weighted by atomic mass is 16.6. The molecular weight excluding hydrogens is 278 g/mol. The van der Waals surface area contributed by atoms with Crippen molar-refractivity contribution in [2.45, 2.75) is 6.61 Å². The first-order chi connectivity index (χ1) is 10.8. The van der Waals surface area contributed by atoms with E-state index in [0.29, 0.717) is 12.2 Å². The lowest BCUT2D eigenvalue weighted by atomic mass is 10.1. The van der Waals surface area contributed by atoms with Crippen molar-refractivity contribution in [2.75, 3.05) is 0 Å². The largest absolute Gasteiger partial charge is 0.345 e. The average Bonchev–Trinajstić information content (AvgIpc) is 3.10. The number of hydrogen-bond acceptors (Lipinski definition) is 3. The normalized spacial score (nSPS) is 10.4. The molecule has 0 atom stereocenters. The van der Waals surface area contributed by atoms with Gasteiger partial charge in [-0.15, -0.1) is 0 Å². The summed E-state index contributed by atoms with van der Waals surface area (Å²) in [5, 5.41) is 0. The Morgan fingerprint density at radius 1 is 1.14 bits per heavy atom. The first-order valence-electron chi connectivity index (χ1n) is 6.88. The number of nitrogens with zero attached hydrogens (tertiary/aromatic N) is 1. The van der Waals surface area contributed by atoms with Crippen molar-refractivity contribution in [3.8, 4) is 11.3 Å². The van der Waals surface area contributed by atoms with Gasteiger partial charge in [0.2, 0.25) is 0 Å². The number of benzene rings is 2. The summed E-state index contributed by atoms with van der Waals surface area (Å²) in [5.41, 5.74) is 5.74. The van der Waals surface area contributed by atoms with E-state index in [-0.39, 0.29) is 5.91 Å². The molecule has 0 bridgehead atoms. The molecule has 0 saturated carbocycles. The van der Waals surface area contributed by atoms with Crippen LogP contribution < -0.4 is 5.48 Å². The van der Waals surface area contributed by atoms with Crippen LogP contribution in [-0.2, 0) is 11.4 Å². The maximum Gasteiger partial charge on any atom is 0.274 e. The molecule has 3 rings (SSSR count). The Hall–Kier alpha value is -2.92. The van der Waals surface area contributed by atoms with Gasteiger partial charge in [0.1, 0.15) is 0 Å². The van der Waals surface area contributed by atoms with Gasteiger partial charge >= 0.3 is 0 Å². The molecule has 1 heterocycles. The van der Waals surface area contributed by atoms with Crippen molar-refractivity contribution in [3.05, 3.63) is 78.2 Å². The third kappa shape index (κ3) is 3.39. The molecule has 0 unspecified atom stereocenters. The minimum absolute atomic E-state index is 0.280. The lowest BCUT2D eigenvalue weighted by Crippen LogP contribution is -2.23. The summed E-state index contributed by atoms with van der Waals surface area (Å²) in [6.45, 7) is 0.326. The fourth-order valence-electron chi connectivity index (χ4n) is 2.06. The highest BCUT2D eigenvalue weighted by Gasteiger charge is 2.07. The van der Waals surface area contributed by atoms with Crippen LogP contribution in [-0.4, -0.2) is 15.9 Å². The van der Waals surface area contributed by atoms with E-state index in [9.17, 15) is 4.79 Å². The number of aromatic amines is 1. The van der Waals surface area contributed by atoms with E-state index in [1.54, 1.807) is 24.7 Å². The van der Waals surface area contributed by atoms with Crippen LogP contribution in [0, 0.1) is 0 Å². The van der Waals surface area contributed by atoms with Crippen molar-refractivity contribution in [1.82, 2.24) is 15.4 Å². The van der Waals surface area contributed by atoms with Crippen LogP contribution in [0.3, 0.4) is 0 Å². The number of imidazole rings is 1. The summed E-state index contributed by atoms with van der Waals surface area (Å²) < 4.78 is 0. The van der Waals surface area contributed by atoms with Crippen LogP contribution in [0.25, 0.3) is 11.3 Å². The topological polar surface area (TPSA) is 67.0 Å². The van der Waals surface area contributed by atoms with Gasteiger partial charge in [0.05, 0.1) is 24.8 Å². The van der Waals surface area contributed by atoms with E-state index >= 15 is 0 Å². The molecule has 0 fully saturated rings. The van der Waals surface area contributed by atoms with Gasteiger partial charge < -0.3 is 4.98 Å². The molecule has 5 heteroatoms. The molecule has 0 aliphatic carbocycles. The van der Waals surface area contributed by atoms with Crippen LogP contribution in [0.5, 0.6) is 0 Å². The first kappa shape index (κ1) is 14.0. The number of hydroxylamine groups is 1. The van der Waals surface area contributed by atoms with Gasteiger partial charge in [0.15, 0.2) is 0 Å². The minimum atomic E-state index is -0.280. The molecular formula is C17H15N3O2. The fraction of sp³-hybridized carbons (Fsp3) is 0.0588. The molecule has 0 saturated heterocycles. The molecule has 110 valence electrons. The minimum Gasteiger partial charge on any atom is -0.345 e. The molecule has 2 N–H and O–H groups in total. The Morgan fingerprint density at radius 3 is 2.77 bits per heavy atom. The summed E-state index contributed by atoms with van der Waals surface area (Å²) in [5.74, 6) is -0.280. The van der Waals surface area contributed by atoms with Gasteiger partial charge in [0.25, 0.3) is 5.91 Å². The van der Waals surface area contributed by atoms with Crippen LogP contribution in [0.4, 0.5) is 0 Å². The number of carbonyl (C=O) groups excluding carboxylic acids is 1. The fourth-order valence-corrected chi connectivity index (χ4v) is 2.06. The number of amides is 1. The summed E-state index contributed by atoms with van der Waals surface area (Å²) in [4.78, 5) is 24.3. The number of aromatic nitrogens is 2. The van der Waals surface area contributed by atoms with E-state index in [1.165, 1.54) is 0 Å². The van der Waals surface area contributed by atoms with Crippen molar-refractivity contribution in [1.29, 1.82) is 0 Å².